The van der Waals surface area contributed by atoms with Crippen molar-refractivity contribution in [1.82, 2.24) is 29.5 Å². The number of ether oxygens (including phenoxy) is 2. The van der Waals surface area contributed by atoms with E-state index in [2.05, 4.69) is 45.2 Å². The second-order valence-electron chi connectivity index (χ2n) is 15.4. The zero-order valence-corrected chi connectivity index (χ0v) is 32.0. The molecule has 2 amide bonds. The first-order chi connectivity index (χ1) is 27.9. The summed E-state index contributed by atoms with van der Waals surface area (Å²) in [6, 6.07) is 33.8. The zero-order chi connectivity index (χ0) is 38.6. The van der Waals surface area contributed by atoms with Gasteiger partial charge in [-0.2, -0.15) is 5.10 Å². The molecule has 0 bridgehead atoms. The summed E-state index contributed by atoms with van der Waals surface area (Å²) in [6.45, 7) is 7.33. The van der Waals surface area contributed by atoms with Gasteiger partial charge < -0.3 is 23.8 Å². The number of amides is 2. The maximum atomic E-state index is 15.3. The van der Waals surface area contributed by atoms with Crippen molar-refractivity contribution < 1.29 is 19.1 Å². The topological polar surface area (TPSA) is 99.2 Å². The predicted octanol–water partition coefficient (Wildman–Crippen LogP) is 7.34. The molecule has 3 aliphatic rings. The third-order valence-corrected chi connectivity index (χ3v) is 11.8. The van der Waals surface area contributed by atoms with Crippen molar-refractivity contribution in [2.45, 2.75) is 25.9 Å². The summed E-state index contributed by atoms with van der Waals surface area (Å²) in [5, 5.41) is 8.88. The number of nitrogens with zero attached hydrogens (tertiary/aromatic N) is 6. The molecule has 7 aromatic rings. The number of aryl methyl sites for hydroxylation is 1. The van der Waals surface area contributed by atoms with Crippen LogP contribution in [0.1, 0.15) is 37.4 Å². The maximum Gasteiger partial charge on any atom is 0.265 e. The minimum atomic E-state index is -0.204. The third-order valence-electron chi connectivity index (χ3n) is 11.8. The molecule has 11 nitrogen and oxygen atoms in total. The number of aromatic nitrogens is 3. The number of carbonyl (C=O) groups excluding carboxylic acids is 2. The lowest BCUT2D eigenvalue weighted by Gasteiger charge is -2.41. The molecule has 1 saturated heterocycles. The molecule has 0 saturated carbocycles. The van der Waals surface area contributed by atoms with Gasteiger partial charge in [-0.3, -0.25) is 24.5 Å². The molecule has 10 rings (SSSR count). The average Bonchev–Trinajstić information content (AvgIpc) is 4.00. The van der Waals surface area contributed by atoms with Crippen molar-refractivity contribution in [3.05, 3.63) is 143 Å². The number of benzene rings is 5. The van der Waals surface area contributed by atoms with Crippen LogP contribution in [0.5, 0.6) is 11.5 Å². The highest BCUT2D eigenvalue weighted by molar-refractivity contribution is 6.18. The number of aromatic amines is 1. The van der Waals surface area contributed by atoms with Gasteiger partial charge in [0.15, 0.2) is 11.5 Å². The van der Waals surface area contributed by atoms with Crippen LogP contribution in [0, 0.1) is 6.92 Å². The summed E-state index contributed by atoms with van der Waals surface area (Å²) in [5.74, 6) is 0.797. The molecule has 286 valence electrons. The number of nitrogens with one attached hydrogen (secondary N) is 1. The number of carbonyl (C=O) groups is 2. The minimum absolute atomic E-state index is 0.0248. The van der Waals surface area contributed by atoms with Crippen molar-refractivity contribution in [3.8, 4) is 17.2 Å². The molecular weight excluding hydrogens is 715 g/mol. The molecule has 3 aliphatic heterocycles. The van der Waals surface area contributed by atoms with Gasteiger partial charge in [0.05, 0.1) is 39.7 Å². The van der Waals surface area contributed by atoms with E-state index in [1.807, 2.05) is 108 Å². The lowest BCUT2D eigenvalue weighted by atomic mass is 9.92. The van der Waals surface area contributed by atoms with Crippen molar-refractivity contribution in [1.29, 1.82) is 0 Å². The summed E-state index contributed by atoms with van der Waals surface area (Å²) < 4.78 is 13.8. The van der Waals surface area contributed by atoms with Crippen LogP contribution in [0.2, 0.25) is 0 Å². The number of likely N-dealkylation sites (N-methyl/N-ethyl adjacent to an activating group) is 1. The highest BCUT2D eigenvalue weighted by Crippen LogP contribution is 2.40. The Morgan fingerprint density at radius 2 is 1.56 bits per heavy atom. The number of H-pyrrole nitrogens is 1. The Hall–Kier alpha value is -6.43. The molecule has 1 N–H and O–H groups in total. The summed E-state index contributed by atoms with van der Waals surface area (Å²) in [5.41, 5.74) is 8.27. The van der Waals surface area contributed by atoms with Crippen LogP contribution in [-0.2, 0) is 13.0 Å². The molecule has 5 heterocycles. The molecular formula is C46H43N7O4. The SMILES string of the molecule is Cc1ccc(N(C(=O)c2cn(-c3cc4c(cc3C(=O)N3Cc5ccccc5C[C@H]3CN3CCN(C)CC3)OCO4)c3ccccc23)c2ccc3[nH]ncc3c2)cc1. The van der Waals surface area contributed by atoms with Gasteiger partial charge in [-0.15, -0.1) is 0 Å². The van der Waals surface area contributed by atoms with E-state index in [9.17, 15) is 0 Å². The molecule has 0 spiro atoms. The van der Waals surface area contributed by atoms with Gasteiger partial charge in [-0.1, -0.05) is 60.2 Å². The highest BCUT2D eigenvalue weighted by Gasteiger charge is 2.35. The molecule has 1 fully saturated rings. The molecule has 0 radical (unpaired) electrons. The quantitative estimate of drug-likeness (QED) is 0.182. The van der Waals surface area contributed by atoms with E-state index in [1.54, 1.807) is 11.1 Å². The fourth-order valence-electron chi connectivity index (χ4n) is 8.59. The number of para-hydroxylation sites is 1. The van der Waals surface area contributed by atoms with Crippen molar-refractivity contribution in [2.24, 2.45) is 0 Å². The summed E-state index contributed by atoms with van der Waals surface area (Å²) in [6.07, 6.45) is 4.40. The third kappa shape index (κ3) is 6.38. The van der Waals surface area contributed by atoms with Gasteiger partial charge in [0.1, 0.15) is 0 Å². The summed E-state index contributed by atoms with van der Waals surface area (Å²) in [4.78, 5) is 39.1. The molecule has 1 atom stereocenters. The zero-order valence-electron chi connectivity index (χ0n) is 32.0. The highest BCUT2D eigenvalue weighted by atomic mass is 16.7. The number of piperazine rings is 1. The van der Waals surface area contributed by atoms with Crippen LogP contribution >= 0.6 is 0 Å². The summed E-state index contributed by atoms with van der Waals surface area (Å²) in [7, 11) is 2.16. The summed E-state index contributed by atoms with van der Waals surface area (Å²) >= 11 is 0. The van der Waals surface area contributed by atoms with Crippen LogP contribution in [0.25, 0.3) is 27.5 Å². The smallest absolute Gasteiger partial charge is 0.265 e. The number of fused-ring (bicyclic) bond motifs is 4. The second-order valence-corrected chi connectivity index (χ2v) is 15.4. The molecule has 57 heavy (non-hydrogen) atoms. The van der Waals surface area contributed by atoms with Crippen LogP contribution in [0.15, 0.2) is 116 Å². The lowest BCUT2D eigenvalue weighted by Crippen LogP contribution is -2.53. The molecule has 2 aromatic heterocycles. The maximum absolute atomic E-state index is 15.3. The minimum Gasteiger partial charge on any atom is -0.454 e. The van der Waals surface area contributed by atoms with E-state index in [1.165, 1.54) is 5.56 Å². The first kappa shape index (κ1) is 35.0. The Morgan fingerprint density at radius 3 is 2.39 bits per heavy atom. The first-order valence-electron chi connectivity index (χ1n) is 19.5. The first-order valence-corrected chi connectivity index (χ1v) is 19.5. The molecule has 0 unspecified atom stereocenters. The van der Waals surface area contributed by atoms with E-state index >= 15 is 9.59 Å². The fraction of sp³-hybridized carbons (Fsp3) is 0.239. The fourth-order valence-corrected chi connectivity index (χ4v) is 8.59. The van der Waals surface area contributed by atoms with E-state index in [-0.39, 0.29) is 24.6 Å². The molecule has 11 heteroatoms. The van der Waals surface area contributed by atoms with E-state index < -0.39 is 0 Å². The Bertz CT molecular complexity index is 2660. The second kappa shape index (κ2) is 14.3. The predicted molar refractivity (Wildman–Crippen MR) is 221 cm³/mol. The monoisotopic (exact) mass is 757 g/mol. The van der Waals surface area contributed by atoms with E-state index in [0.29, 0.717) is 40.5 Å². The molecule has 0 aliphatic carbocycles. The Morgan fingerprint density at radius 1 is 0.825 bits per heavy atom. The Balaban J connectivity index is 1.09. The lowest BCUT2D eigenvalue weighted by molar-refractivity contribution is 0.0535. The number of rotatable bonds is 7. The van der Waals surface area contributed by atoms with Crippen LogP contribution in [-0.4, -0.2) is 93.9 Å². The number of hydrogen-bond donors (Lipinski definition) is 1. The van der Waals surface area contributed by atoms with Crippen LogP contribution in [0.4, 0.5) is 11.4 Å². The van der Waals surface area contributed by atoms with Gasteiger partial charge in [0, 0.05) is 74.0 Å². The Kier molecular flexibility index (Phi) is 8.76. The molecule has 5 aromatic carbocycles. The van der Waals surface area contributed by atoms with Crippen molar-refractivity contribution >= 4 is 45.0 Å². The number of anilines is 2. The average molecular weight is 758 g/mol. The van der Waals surface area contributed by atoms with Gasteiger partial charge in [-0.25, -0.2) is 0 Å². The van der Waals surface area contributed by atoms with Gasteiger partial charge >= 0.3 is 0 Å². The Labute approximate surface area is 330 Å². The van der Waals surface area contributed by atoms with E-state index in [4.69, 9.17) is 9.47 Å². The number of hydrogen-bond acceptors (Lipinski definition) is 7. The van der Waals surface area contributed by atoms with Gasteiger partial charge in [-0.05, 0) is 74.0 Å². The normalized spacial score (nSPS) is 16.9. The van der Waals surface area contributed by atoms with Crippen molar-refractivity contribution in [2.75, 3.05) is 51.5 Å². The van der Waals surface area contributed by atoms with E-state index in [0.717, 1.165) is 77.8 Å². The standard InChI is InChI=1S/C46H43N7O4/c1-30-11-13-34(14-12-30)53(35-15-16-40-33(22-35)25-47-48-40)46(55)39-28-52(41-10-6-5-9-37(39)41)42-24-44-43(56-29-57-44)23-38(42)45(54)51-26-32-8-4-3-7-31(32)21-36(51)27-50-19-17-49(2)18-20-50/h3-16,22-25,28,36H,17-21,26-27,29H2,1-2H3,(H,47,48)/t36-/m0/s1. The van der Waals surface area contributed by atoms with Crippen LogP contribution < -0.4 is 14.4 Å². The van der Waals surface area contributed by atoms with Crippen molar-refractivity contribution in [3.63, 3.8) is 0 Å². The largest absolute Gasteiger partial charge is 0.454 e. The van der Waals surface area contributed by atoms with Crippen LogP contribution in [0.3, 0.4) is 0 Å². The van der Waals surface area contributed by atoms with Gasteiger partial charge in [0.25, 0.3) is 11.8 Å². The van der Waals surface area contributed by atoms with Gasteiger partial charge in [0.2, 0.25) is 6.79 Å².